The smallest absolute Gasteiger partial charge is 0.187 e. The number of carbonyl (C=O) groups is 1. The highest BCUT2D eigenvalue weighted by atomic mass is 16.1. The van der Waals surface area contributed by atoms with Crippen LogP contribution < -0.4 is 0 Å². The van der Waals surface area contributed by atoms with Gasteiger partial charge in [-0.15, -0.1) is 0 Å². The van der Waals surface area contributed by atoms with Gasteiger partial charge in [0, 0.05) is 18.2 Å². The van der Waals surface area contributed by atoms with Crippen molar-refractivity contribution in [2.24, 2.45) is 23.2 Å². The molecular formula is C17H24N2O. The van der Waals surface area contributed by atoms with Gasteiger partial charge in [-0.3, -0.25) is 9.48 Å². The number of ketones is 1. The van der Waals surface area contributed by atoms with Crippen molar-refractivity contribution in [1.29, 1.82) is 0 Å². The number of nitrogens with zero attached hydrogens (tertiary/aromatic N) is 2. The maximum Gasteiger partial charge on any atom is 0.187 e. The summed E-state index contributed by atoms with van der Waals surface area (Å²) in [5.41, 5.74) is 0.842. The number of rotatable bonds is 4. The summed E-state index contributed by atoms with van der Waals surface area (Å²) in [5, 5.41) is 4.35. The van der Waals surface area contributed by atoms with Crippen LogP contribution in [0.3, 0.4) is 0 Å². The van der Waals surface area contributed by atoms with Crippen molar-refractivity contribution in [2.75, 3.05) is 0 Å². The Morgan fingerprint density at radius 1 is 1.25 bits per heavy atom. The van der Waals surface area contributed by atoms with Gasteiger partial charge in [-0.2, -0.15) is 5.10 Å². The van der Waals surface area contributed by atoms with Crippen LogP contribution in [-0.4, -0.2) is 15.6 Å². The lowest BCUT2D eigenvalue weighted by Gasteiger charge is -2.55. The van der Waals surface area contributed by atoms with Gasteiger partial charge in [0.2, 0.25) is 0 Å². The number of Topliss-reactive ketones (excluding diaryl/α,β-unsaturated/α-hetero) is 1. The van der Waals surface area contributed by atoms with Crippen LogP contribution in [0.2, 0.25) is 0 Å². The van der Waals surface area contributed by atoms with Crippen LogP contribution >= 0.6 is 0 Å². The Hall–Kier alpha value is -1.12. The van der Waals surface area contributed by atoms with E-state index in [9.17, 15) is 4.79 Å². The lowest BCUT2D eigenvalue weighted by atomic mass is 9.48. The van der Waals surface area contributed by atoms with Gasteiger partial charge in [-0.05, 0) is 68.8 Å². The minimum atomic E-state index is -0.0275. The Labute approximate surface area is 120 Å². The van der Waals surface area contributed by atoms with Crippen LogP contribution in [0.25, 0.3) is 0 Å². The SMILES string of the molecule is CCCn1nccc1C(=O)C12CC3CC(CC(C3)C1)C2. The zero-order chi connectivity index (χ0) is 13.7. The second kappa shape index (κ2) is 4.44. The zero-order valence-corrected chi connectivity index (χ0v) is 12.3. The Bertz CT molecular complexity index is 496. The van der Waals surface area contributed by atoms with Gasteiger partial charge in [0.1, 0.15) is 5.69 Å². The van der Waals surface area contributed by atoms with Gasteiger partial charge in [0.15, 0.2) is 5.78 Å². The number of aryl methyl sites for hydroxylation is 1. The monoisotopic (exact) mass is 272 g/mol. The van der Waals surface area contributed by atoms with Gasteiger partial charge in [-0.25, -0.2) is 0 Å². The number of hydrogen-bond donors (Lipinski definition) is 0. The molecule has 1 aromatic heterocycles. The summed E-state index contributed by atoms with van der Waals surface area (Å²) >= 11 is 0. The highest BCUT2D eigenvalue weighted by Gasteiger charge is 2.54. The minimum Gasteiger partial charge on any atom is -0.292 e. The van der Waals surface area contributed by atoms with Gasteiger partial charge >= 0.3 is 0 Å². The molecule has 1 aromatic rings. The first-order valence-electron chi connectivity index (χ1n) is 8.27. The molecule has 4 aliphatic rings. The van der Waals surface area contributed by atoms with Crippen LogP contribution in [0, 0.1) is 23.2 Å². The lowest BCUT2D eigenvalue weighted by Crippen LogP contribution is -2.50. The molecule has 1 heterocycles. The molecule has 108 valence electrons. The first kappa shape index (κ1) is 12.6. The summed E-state index contributed by atoms with van der Waals surface area (Å²) < 4.78 is 1.93. The standard InChI is InChI=1S/C17H24N2O/c1-2-5-19-15(3-4-18-19)16(20)17-9-12-6-13(10-17)8-14(7-12)11-17/h3-4,12-14H,2,5-11H2,1H3. The molecule has 4 saturated carbocycles. The normalized spacial score (nSPS) is 38.4. The summed E-state index contributed by atoms with van der Waals surface area (Å²) in [5.74, 6) is 2.88. The molecule has 4 aliphatic carbocycles. The Morgan fingerprint density at radius 2 is 1.85 bits per heavy atom. The van der Waals surface area contributed by atoms with E-state index in [-0.39, 0.29) is 5.41 Å². The fourth-order valence-corrected chi connectivity index (χ4v) is 5.58. The summed E-state index contributed by atoms with van der Waals surface area (Å²) in [4.78, 5) is 13.2. The van der Waals surface area contributed by atoms with E-state index in [4.69, 9.17) is 0 Å². The first-order valence-corrected chi connectivity index (χ1v) is 8.27. The summed E-state index contributed by atoms with van der Waals surface area (Å²) in [7, 11) is 0. The molecule has 5 rings (SSSR count). The quantitative estimate of drug-likeness (QED) is 0.783. The van der Waals surface area contributed by atoms with Crippen molar-refractivity contribution in [3.8, 4) is 0 Å². The molecule has 0 aliphatic heterocycles. The zero-order valence-electron chi connectivity index (χ0n) is 12.3. The third-order valence-corrected chi connectivity index (χ3v) is 5.90. The van der Waals surface area contributed by atoms with Crippen LogP contribution in [-0.2, 0) is 6.54 Å². The van der Waals surface area contributed by atoms with E-state index in [0.29, 0.717) is 5.78 Å². The third-order valence-electron chi connectivity index (χ3n) is 5.90. The second-order valence-corrected chi connectivity index (χ2v) is 7.47. The molecule has 3 nitrogen and oxygen atoms in total. The molecule has 4 fully saturated rings. The predicted octanol–water partition coefficient (Wildman–Crippen LogP) is 3.69. The van der Waals surface area contributed by atoms with E-state index in [1.54, 1.807) is 6.20 Å². The van der Waals surface area contributed by atoms with E-state index in [0.717, 1.165) is 55.7 Å². The minimum absolute atomic E-state index is 0.0275. The van der Waals surface area contributed by atoms with E-state index >= 15 is 0 Å². The fraction of sp³-hybridized carbons (Fsp3) is 0.765. The summed E-state index contributed by atoms with van der Waals surface area (Å²) in [6.07, 6.45) is 10.4. The van der Waals surface area contributed by atoms with E-state index in [2.05, 4.69) is 12.0 Å². The average Bonchev–Trinajstić information content (AvgIpc) is 2.85. The number of aromatic nitrogens is 2. The van der Waals surface area contributed by atoms with Crippen molar-refractivity contribution < 1.29 is 4.79 Å². The molecule has 0 unspecified atom stereocenters. The van der Waals surface area contributed by atoms with Crippen molar-refractivity contribution >= 4 is 5.78 Å². The van der Waals surface area contributed by atoms with Crippen molar-refractivity contribution in [3.63, 3.8) is 0 Å². The highest BCUT2D eigenvalue weighted by Crippen LogP contribution is 2.60. The van der Waals surface area contributed by atoms with Crippen LogP contribution in [0.4, 0.5) is 0 Å². The van der Waals surface area contributed by atoms with Crippen LogP contribution in [0.1, 0.15) is 62.4 Å². The predicted molar refractivity (Wildman–Crippen MR) is 77.5 cm³/mol. The Morgan fingerprint density at radius 3 is 2.40 bits per heavy atom. The fourth-order valence-electron chi connectivity index (χ4n) is 5.58. The summed E-state index contributed by atoms with van der Waals surface area (Å²) in [6.45, 7) is 3.00. The van der Waals surface area contributed by atoms with E-state index < -0.39 is 0 Å². The first-order chi connectivity index (χ1) is 9.70. The molecule has 0 radical (unpaired) electrons. The molecule has 0 N–H and O–H groups in total. The maximum absolute atomic E-state index is 13.2. The second-order valence-electron chi connectivity index (χ2n) is 7.47. The third kappa shape index (κ3) is 1.78. The van der Waals surface area contributed by atoms with Gasteiger partial charge in [0.25, 0.3) is 0 Å². The molecule has 20 heavy (non-hydrogen) atoms. The maximum atomic E-state index is 13.2. The van der Waals surface area contributed by atoms with Crippen LogP contribution in [0.15, 0.2) is 12.3 Å². The molecule has 0 atom stereocenters. The van der Waals surface area contributed by atoms with Crippen molar-refractivity contribution in [1.82, 2.24) is 9.78 Å². The topological polar surface area (TPSA) is 34.9 Å². The van der Waals surface area contributed by atoms with Crippen molar-refractivity contribution in [3.05, 3.63) is 18.0 Å². The number of hydrogen-bond acceptors (Lipinski definition) is 2. The van der Waals surface area contributed by atoms with Gasteiger partial charge < -0.3 is 0 Å². The molecule has 0 spiro atoms. The van der Waals surface area contributed by atoms with E-state index in [1.165, 1.54) is 19.3 Å². The van der Waals surface area contributed by atoms with Crippen molar-refractivity contribution in [2.45, 2.75) is 58.4 Å². The Balaban J connectivity index is 1.66. The van der Waals surface area contributed by atoms with Gasteiger partial charge in [-0.1, -0.05) is 6.92 Å². The summed E-state index contributed by atoms with van der Waals surface area (Å²) in [6, 6.07) is 1.94. The molecule has 0 saturated heterocycles. The molecule has 4 bridgehead atoms. The lowest BCUT2D eigenvalue weighted by molar-refractivity contribution is -0.0358. The molecule has 3 heteroatoms. The Kier molecular flexibility index (Phi) is 2.80. The highest BCUT2D eigenvalue weighted by molar-refractivity contribution is 5.99. The van der Waals surface area contributed by atoms with E-state index in [1.807, 2.05) is 10.7 Å². The van der Waals surface area contributed by atoms with Crippen LogP contribution in [0.5, 0.6) is 0 Å². The average molecular weight is 272 g/mol. The molecular weight excluding hydrogens is 248 g/mol. The molecule has 0 aromatic carbocycles. The molecule has 0 amide bonds. The number of carbonyl (C=O) groups excluding carboxylic acids is 1. The largest absolute Gasteiger partial charge is 0.292 e. The van der Waals surface area contributed by atoms with Gasteiger partial charge in [0.05, 0.1) is 0 Å².